The quantitative estimate of drug-likeness (QED) is 0.177. The molecule has 15 aromatic rings. The highest BCUT2D eigenvalue weighted by Crippen LogP contribution is 2.45. The number of para-hydroxylation sites is 4. The van der Waals surface area contributed by atoms with E-state index in [9.17, 15) is 0 Å². The topological polar surface area (TPSA) is 36.1 Å². The van der Waals surface area contributed by atoms with Gasteiger partial charge < -0.3 is 18.0 Å². The van der Waals surface area contributed by atoms with Crippen LogP contribution >= 0.6 is 11.3 Å². The molecule has 0 N–H and O–H groups in total. The van der Waals surface area contributed by atoms with E-state index in [1.165, 1.54) is 74.9 Å². The normalized spacial score (nSPS) is 12.3. The van der Waals surface area contributed by atoms with Crippen molar-refractivity contribution in [2.45, 2.75) is 0 Å². The number of rotatable bonds is 4. The van der Waals surface area contributed by atoms with Gasteiger partial charge in [0.25, 0.3) is 0 Å². The zero-order chi connectivity index (χ0) is 42.3. The maximum absolute atomic E-state index is 6.57. The van der Waals surface area contributed by atoms with Crippen LogP contribution in [0.1, 0.15) is 0 Å². The summed E-state index contributed by atoms with van der Waals surface area (Å²) < 4.78 is 20.4. The van der Waals surface area contributed by atoms with Crippen LogP contribution in [0.5, 0.6) is 0 Å². The predicted octanol–water partition coefficient (Wildman–Crippen LogP) is 17.4. The van der Waals surface area contributed by atoms with Crippen molar-refractivity contribution < 1.29 is 8.83 Å². The summed E-state index contributed by atoms with van der Waals surface area (Å²) >= 11 is 1.85. The van der Waals surface area contributed by atoms with Crippen LogP contribution in [0.2, 0.25) is 0 Å². The number of furan rings is 2. The molecule has 0 aliphatic heterocycles. The molecule has 4 nitrogen and oxygen atoms in total. The minimum Gasteiger partial charge on any atom is -0.456 e. The van der Waals surface area contributed by atoms with Gasteiger partial charge in [-0.2, -0.15) is 0 Å². The predicted molar refractivity (Wildman–Crippen MR) is 273 cm³/mol. The molecule has 0 radical (unpaired) electrons. The Balaban J connectivity index is 0.936. The lowest BCUT2D eigenvalue weighted by Crippen LogP contribution is -1.93. The molecule has 0 bridgehead atoms. The van der Waals surface area contributed by atoms with Gasteiger partial charge in [0.2, 0.25) is 0 Å². The number of hydrogen-bond donors (Lipinski definition) is 0. The van der Waals surface area contributed by atoms with Crippen LogP contribution in [-0.4, -0.2) is 9.13 Å². The molecule has 0 saturated carbocycles. The second-order valence-electron chi connectivity index (χ2n) is 17.2. The van der Waals surface area contributed by atoms with Crippen molar-refractivity contribution in [3.63, 3.8) is 0 Å². The van der Waals surface area contributed by atoms with Crippen molar-refractivity contribution in [2.75, 3.05) is 0 Å². The zero-order valence-corrected chi connectivity index (χ0v) is 35.6. The summed E-state index contributed by atoms with van der Waals surface area (Å²) in [6, 6.07) is 74.9. The second-order valence-corrected chi connectivity index (χ2v) is 18.3. The van der Waals surface area contributed by atoms with E-state index in [0.717, 1.165) is 66.4 Å². The summed E-state index contributed by atoms with van der Waals surface area (Å²) in [7, 11) is 0. The van der Waals surface area contributed by atoms with Gasteiger partial charge in [0.1, 0.15) is 22.3 Å². The van der Waals surface area contributed by atoms with Gasteiger partial charge in [-0.05, 0) is 125 Å². The minimum atomic E-state index is 0.872. The van der Waals surface area contributed by atoms with Gasteiger partial charge in [0, 0.05) is 74.6 Å². The Morgan fingerprint density at radius 3 is 1.14 bits per heavy atom. The van der Waals surface area contributed by atoms with Gasteiger partial charge in [-0.3, -0.25) is 0 Å². The molecule has 5 heteroatoms. The van der Waals surface area contributed by atoms with Crippen LogP contribution in [0.15, 0.2) is 215 Å². The van der Waals surface area contributed by atoms with Gasteiger partial charge in [-0.25, -0.2) is 0 Å². The fourth-order valence-corrected chi connectivity index (χ4v) is 11.9. The summed E-state index contributed by atoms with van der Waals surface area (Å²) in [6.45, 7) is 0. The van der Waals surface area contributed by atoms with Crippen molar-refractivity contribution in [3.05, 3.63) is 206 Å². The van der Waals surface area contributed by atoms with Crippen molar-refractivity contribution >= 4 is 119 Å². The van der Waals surface area contributed by atoms with E-state index in [1.807, 2.05) is 11.3 Å². The third-order valence-corrected chi connectivity index (χ3v) is 14.9. The Morgan fingerprint density at radius 2 is 0.662 bits per heavy atom. The molecular formula is C60H34N2O2S. The van der Waals surface area contributed by atoms with E-state index < -0.39 is 0 Å². The largest absolute Gasteiger partial charge is 0.456 e. The van der Waals surface area contributed by atoms with Crippen LogP contribution in [0.25, 0.3) is 141 Å². The Bertz CT molecular complexity index is 4390. The highest BCUT2D eigenvalue weighted by Gasteiger charge is 2.20. The highest BCUT2D eigenvalue weighted by atomic mass is 32.1. The molecule has 5 aromatic heterocycles. The molecule has 65 heavy (non-hydrogen) atoms. The first-order valence-electron chi connectivity index (χ1n) is 22.1. The Labute approximate surface area is 375 Å². The first kappa shape index (κ1) is 35.1. The van der Waals surface area contributed by atoms with E-state index in [-0.39, 0.29) is 0 Å². The minimum absolute atomic E-state index is 0.872. The molecule has 15 rings (SSSR count). The number of nitrogens with zero attached hydrogens (tertiary/aromatic N) is 2. The van der Waals surface area contributed by atoms with Crippen molar-refractivity contribution in [3.8, 4) is 33.6 Å². The fraction of sp³-hybridized carbons (Fsp3) is 0. The highest BCUT2D eigenvalue weighted by molar-refractivity contribution is 7.25. The van der Waals surface area contributed by atoms with E-state index in [0.29, 0.717) is 0 Å². The van der Waals surface area contributed by atoms with Crippen LogP contribution in [-0.2, 0) is 0 Å². The summed E-state index contributed by atoms with van der Waals surface area (Å²) in [5.74, 6) is 0. The van der Waals surface area contributed by atoms with Gasteiger partial charge in [-0.1, -0.05) is 103 Å². The number of aromatic nitrogens is 2. The number of fused-ring (bicyclic) bond motifs is 15. The lowest BCUT2D eigenvalue weighted by atomic mass is 9.91. The first-order valence-corrected chi connectivity index (χ1v) is 22.9. The lowest BCUT2D eigenvalue weighted by Gasteiger charge is -2.12. The van der Waals surface area contributed by atoms with E-state index in [4.69, 9.17) is 8.83 Å². The van der Waals surface area contributed by atoms with E-state index >= 15 is 0 Å². The maximum Gasteiger partial charge on any atom is 0.135 e. The van der Waals surface area contributed by atoms with Crippen LogP contribution in [0.3, 0.4) is 0 Å². The second kappa shape index (κ2) is 13.1. The van der Waals surface area contributed by atoms with Crippen molar-refractivity contribution in [2.24, 2.45) is 0 Å². The van der Waals surface area contributed by atoms with Gasteiger partial charge in [0.15, 0.2) is 0 Å². The van der Waals surface area contributed by atoms with Crippen LogP contribution in [0.4, 0.5) is 0 Å². The molecule has 0 amide bonds. The maximum atomic E-state index is 6.57. The molecule has 0 unspecified atom stereocenters. The van der Waals surface area contributed by atoms with Crippen molar-refractivity contribution in [1.82, 2.24) is 9.13 Å². The standard InChI is InChI=1S/C60H34N2O2S/c1-6-16-51-39(11-1)40-12-2-7-17-52(40)61(51)37-23-27-57-48(31-37)46-29-35(21-25-55(46)63-57)44-33-50-43-15-5-10-20-59(43)65-60(50)34-45(44)36-22-26-56-47(30-36)49-32-38(24-28-58(49)64-56)62-53-18-8-3-13-41(53)42-14-4-9-19-54(42)62/h1-34H. The number of hydrogen-bond acceptors (Lipinski definition) is 3. The summed E-state index contributed by atoms with van der Waals surface area (Å²) in [5, 5.41) is 11.9. The first-order chi connectivity index (χ1) is 32.2. The molecule has 0 fully saturated rings. The molecule has 0 spiro atoms. The molecule has 0 atom stereocenters. The molecule has 10 aromatic carbocycles. The molecule has 0 saturated heterocycles. The monoisotopic (exact) mass is 846 g/mol. The summed E-state index contributed by atoms with van der Waals surface area (Å²) in [5.41, 5.74) is 15.1. The fourth-order valence-electron chi connectivity index (χ4n) is 10.8. The van der Waals surface area contributed by atoms with E-state index in [1.54, 1.807) is 0 Å². The van der Waals surface area contributed by atoms with Crippen LogP contribution < -0.4 is 0 Å². The molecule has 302 valence electrons. The Morgan fingerprint density at radius 1 is 0.277 bits per heavy atom. The average Bonchev–Trinajstić information content (AvgIpc) is 4.17. The van der Waals surface area contributed by atoms with Crippen molar-refractivity contribution in [1.29, 1.82) is 0 Å². The third-order valence-electron chi connectivity index (χ3n) is 13.7. The summed E-state index contributed by atoms with van der Waals surface area (Å²) in [6.07, 6.45) is 0. The average molecular weight is 847 g/mol. The Hall–Kier alpha value is -8.38. The SMILES string of the molecule is c1ccc2c(c1)sc1cc(-c3ccc4oc5ccc(-n6c7ccccc7c7ccccc76)cc5c4c3)c(-c3ccc4oc5ccc(-n6c7ccccc7c7ccccc76)cc5c4c3)cc12. The Kier molecular flexibility index (Phi) is 7.07. The van der Waals surface area contributed by atoms with Gasteiger partial charge >= 0.3 is 0 Å². The van der Waals surface area contributed by atoms with Crippen LogP contribution in [0, 0.1) is 0 Å². The lowest BCUT2D eigenvalue weighted by molar-refractivity contribution is 0.668. The smallest absolute Gasteiger partial charge is 0.135 e. The summed E-state index contributed by atoms with van der Waals surface area (Å²) in [4.78, 5) is 0. The molecular weight excluding hydrogens is 813 g/mol. The number of thiophene rings is 1. The van der Waals surface area contributed by atoms with Gasteiger partial charge in [0.05, 0.1) is 22.1 Å². The zero-order valence-electron chi connectivity index (χ0n) is 34.7. The number of benzene rings is 10. The van der Waals surface area contributed by atoms with Gasteiger partial charge in [-0.15, -0.1) is 11.3 Å². The molecule has 0 aliphatic rings. The molecule has 5 heterocycles. The molecule has 0 aliphatic carbocycles. The third kappa shape index (κ3) is 5.01. The van der Waals surface area contributed by atoms with E-state index in [2.05, 4.69) is 215 Å².